The van der Waals surface area contributed by atoms with E-state index in [-0.39, 0.29) is 5.41 Å². The third-order valence-electron chi connectivity index (χ3n) is 2.62. The van der Waals surface area contributed by atoms with Crippen molar-refractivity contribution in [3.8, 4) is 0 Å². The van der Waals surface area contributed by atoms with Gasteiger partial charge < -0.3 is 4.42 Å². The van der Waals surface area contributed by atoms with E-state index < -0.39 is 0 Å². The van der Waals surface area contributed by atoms with Gasteiger partial charge >= 0.3 is 0 Å². The van der Waals surface area contributed by atoms with Crippen molar-refractivity contribution in [1.82, 2.24) is 4.98 Å². The van der Waals surface area contributed by atoms with Gasteiger partial charge in [-0.05, 0) is 18.6 Å². The molecule has 0 amide bonds. The number of aromatic nitrogens is 1. The predicted octanol–water partition coefficient (Wildman–Crippen LogP) is 3.13. The summed E-state index contributed by atoms with van der Waals surface area (Å²) < 4.78 is 5.22. The minimum atomic E-state index is 0.142. The molecule has 0 N–H and O–H groups in total. The molecule has 2 heteroatoms. The molecule has 0 spiro atoms. The van der Waals surface area contributed by atoms with Gasteiger partial charge in [0, 0.05) is 5.41 Å². The van der Waals surface area contributed by atoms with Crippen LogP contribution >= 0.6 is 0 Å². The molecule has 1 heterocycles. The highest BCUT2D eigenvalue weighted by atomic mass is 16.3. The molecule has 2 rings (SSSR count). The molecule has 1 aliphatic carbocycles. The highest BCUT2D eigenvalue weighted by molar-refractivity contribution is 5.62. The Bertz CT molecular complexity index is 331. The average molecular weight is 175 g/mol. The Balaban J connectivity index is 2.43. The maximum Gasteiger partial charge on any atom is 0.181 e. The monoisotopic (exact) mass is 175 g/mol. The molecule has 1 unspecified atom stereocenters. The highest BCUT2D eigenvalue weighted by Crippen LogP contribution is 2.30. The summed E-state index contributed by atoms with van der Waals surface area (Å²) in [5.41, 5.74) is 1.07. The van der Waals surface area contributed by atoms with Crippen LogP contribution in [0.1, 0.15) is 31.7 Å². The van der Waals surface area contributed by atoms with Crippen LogP contribution in [0.2, 0.25) is 0 Å². The summed E-state index contributed by atoms with van der Waals surface area (Å²) in [6.07, 6.45) is 10.9. The SMILES string of the molecule is CCC1(C)C=Cc2ncoc2C=C1. The third-order valence-corrected chi connectivity index (χ3v) is 2.62. The maximum atomic E-state index is 5.22. The summed E-state index contributed by atoms with van der Waals surface area (Å²) in [6, 6.07) is 0. The van der Waals surface area contributed by atoms with Crippen molar-refractivity contribution in [2.75, 3.05) is 0 Å². The Kier molecular flexibility index (Phi) is 1.83. The first-order valence-electron chi connectivity index (χ1n) is 4.55. The van der Waals surface area contributed by atoms with E-state index in [0.717, 1.165) is 17.9 Å². The van der Waals surface area contributed by atoms with Crippen molar-refractivity contribution >= 4 is 12.2 Å². The van der Waals surface area contributed by atoms with Crippen LogP contribution in [0, 0.1) is 5.41 Å². The first kappa shape index (κ1) is 8.30. The average Bonchev–Trinajstić information content (AvgIpc) is 2.54. The molecule has 1 aliphatic rings. The van der Waals surface area contributed by atoms with Gasteiger partial charge in [0.2, 0.25) is 0 Å². The zero-order valence-corrected chi connectivity index (χ0v) is 7.95. The largest absolute Gasteiger partial charge is 0.443 e. The van der Waals surface area contributed by atoms with E-state index in [4.69, 9.17) is 4.42 Å². The molecule has 0 saturated heterocycles. The molecule has 0 bridgehead atoms. The number of hydrogen-bond donors (Lipinski definition) is 0. The zero-order chi connectivity index (χ0) is 9.31. The molecular weight excluding hydrogens is 162 g/mol. The number of hydrogen-bond acceptors (Lipinski definition) is 2. The summed E-state index contributed by atoms with van der Waals surface area (Å²) in [6.45, 7) is 4.38. The lowest BCUT2D eigenvalue weighted by molar-refractivity contribution is 0.529. The van der Waals surface area contributed by atoms with E-state index in [0.29, 0.717) is 0 Å². The van der Waals surface area contributed by atoms with E-state index in [1.165, 1.54) is 6.39 Å². The minimum absolute atomic E-state index is 0.142. The molecule has 2 nitrogen and oxygen atoms in total. The van der Waals surface area contributed by atoms with Crippen LogP contribution in [-0.4, -0.2) is 4.98 Å². The van der Waals surface area contributed by atoms with Crippen molar-refractivity contribution < 1.29 is 4.42 Å². The van der Waals surface area contributed by atoms with Crippen LogP contribution in [-0.2, 0) is 0 Å². The Morgan fingerprint density at radius 2 is 2.15 bits per heavy atom. The Morgan fingerprint density at radius 1 is 1.38 bits per heavy atom. The smallest absolute Gasteiger partial charge is 0.181 e. The standard InChI is InChI=1S/C11H13NO/c1-3-11(2)6-4-9-10(5-7-11)13-8-12-9/h4-8H,3H2,1-2H3. The zero-order valence-electron chi connectivity index (χ0n) is 7.95. The highest BCUT2D eigenvalue weighted by Gasteiger charge is 2.17. The molecule has 1 atom stereocenters. The Labute approximate surface area is 78.0 Å². The van der Waals surface area contributed by atoms with Crippen molar-refractivity contribution in [2.24, 2.45) is 5.41 Å². The summed E-state index contributed by atoms with van der Waals surface area (Å²) in [7, 11) is 0. The third kappa shape index (κ3) is 1.44. The van der Waals surface area contributed by atoms with Crippen LogP contribution < -0.4 is 0 Å². The first-order chi connectivity index (χ1) is 6.23. The second-order valence-corrected chi connectivity index (χ2v) is 3.63. The van der Waals surface area contributed by atoms with Gasteiger partial charge in [-0.15, -0.1) is 0 Å². The molecule has 0 aliphatic heterocycles. The lowest BCUT2D eigenvalue weighted by atomic mass is 9.87. The quantitative estimate of drug-likeness (QED) is 0.655. The normalized spacial score (nSPS) is 25.7. The summed E-state index contributed by atoms with van der Waals surface area (Å²) in [5, 5.41) is 0. The molecule has 0 radical (unpaired) electrons. The van der Waals surface area contributed by atoms with Gasteiger partial charge in [-0.3, -0.25) is 0 Å². The Hall–Kier alpha value is -1.31. The summed E-state index contributed by atoms with van der Waals surface area (Å²) in [4.78, 5) is 4.11. The van der Waals surface area contributed by atoms with Crippen LogP contribution in [0.4, 0.5) is 0 Å². The lowest BCUT2D eigenvalue weighted by Crippen LogP contribution is -2.05. The van der Waals surface area contributed by atoms with E-state index in [2.05, 4.69) is 31.0 Å². The summed E-state index contributed by atoms with van der Waals surface area (Å²) >= 11 is 0. The molecule has 0 aromatic carbocycles. The van der Waals surface area contributed by atoms with Crippen LogP contribution in [0.3, 0.4) is 0 Å². The fourth-order valence-electron chi connectivity index (χ4n) is 1.34. The molecule has 0 saturated carbocycles. The van der Waals surface area contributed by atoms with Gasteiger partial charge in [-0.1, -0.05) is 26.0 Å². The number of rotatable bonds is 1. The second-order valence-electron chi connectivity index (χ2n) is 3.63. The van der Waals surface area contributed by atoms with Gasteiger partial charge in [0.15, 0.2) is 12.2 Å². The number of allylic oxidation sites excluding steroid dienone is 2. The van der Waals surface area contributed by atoms with Gasteiger partial charge in [0.05, 0.1) is 0 Å². The molecule has 13 heavy (non-hydrogen) atoms. The minimum Gasteiger partial charge on any atom is -0.443 e. The van der Waals surface area contributed by atoms with Crippen molar-refractivity contribution in [3.63, 3.8) is 0 Å². The van der Waals surface area contributed by atoms with E-state index >= 15 is 0 Å². The number of fused-ring (bicyclic) bond motifs is 1. The van der Waals surface area contributed by atoms with Gasteiger partial charge in [0.25, 0.3) is 0 Å². The molecule has 68 valence electrons. The topological polar surface area (TPSA) is 26.0 Å². The number of oxazole rings is 1. The van der Waals surface area contributed by atoms with Gasteiger partial charge in [-0.25, -0.2) is 4.98 Å². The van der Waals surface area contributed by atoms with E-state index in [1.807, 2.05) is 12.2 Å². The van der Waals surface area contributed by atoms with E-state index in [9.17, 15) is 0 Å². The molecule has 1 aromatic rings. The predicted molar refractivity (Wildman–Crippen MR) is 53.0 cm³/mol. The van der Waals surface area contributed by atoms with Gasteiger partial charge in [-0.2, -0.15) is 0 Å². The van der Waals surface area contributed by atoms with Crippen LogP contribution in [0.15, 0.2) is 23.0 Å². The van der Waals surface area contributed by atoms with E-state index in [1.54, 1.807) is 0 Å². The second kappa shape index (κ2) is 2.87. The summed E-state index contributed by atoms with van der Waals surface area (Å²) in [5.74, 6) is 0.855. The molecule has 1 aromatic heterocycles. The van der Waals surface area contributed by atoms with Gasteiger partial charge in [0.1, 0.15) is 5.69 Å². The lowest BCUT2D eigenvalue weighted by Gasteiger charge is -2.17. The van der Waals surface area contributed by atoms with Crippen LogP contribution in [0.25, 0.3) is 12.2 Å². The fraction of sp³-hybridized carbons (Fsp3) is 0.364. The molecule has 0 fully saturated rings. The first-order valence-corrected chi connectivity index (χ1v) is 4.55. The molecular formula is C11H13NO. The van der Waals surface area contributed by atoms with Crippen molar-refractivity contribution in [3.05, 3.63) is 30.0 Å². The fourth-order valence-corrected chi connectivity index (χ4v) is 1.34. The van der Waals surface area contributed by atoms with Crippen molar-refractivity contribution in [2.45, 2.75) is 20.3 Å². The van der Waals surface area contributed by atoms with Crippen LogP contribution in [0.5, 0.6) is 0 Å². The van der Waals surface area contributed by atoms with Crippen molar-refractivity contribution in [1.29, 1.82) is 0 Å². The Morgan fingerprint density at radius 3 is 2.92 bits per heavy atom. The number of nitrogens with zero attached hydrogens (tertiary/aromatic N) is 1. The maximum absolute atomic E-state index is 5.22.